The van der Waals surface area contributed by atoms with Crippen molar-refractivity contribution in [1.29, 1.82) is 0 Å². The second-order valence-corrected chi connectivity index (χ2v) is 4.22. The van der Waals surface area contributed by atoms with Crippen LogP contribution in [0, 0.1) is 12.3 Å². The lowest BCUT2D eigenvalue weighted by atomic mass is 10.4. The van der Waals surface area contributed by atoms with E-state index in [9.17, 15) is 0 Å². The number of thioether (sulfide) groups is 1. The minimum absolute atomic E-state index is 0.793. The molecule has 0 spiro atoms. The quantitative estimate of drug-likeness (QED) is 0.413. The van der Waals surface area contributed by atoms with Crippen molar-refractivity contribution in [3.63, 3.8) is 0 Å². The first-order valence-corrected chi connectivity index (χ1v) is 5.51. The molecule has 0 atom stereocenters. The predicted molar refractivity (Wildman–Crippen MR) is 60.2 cm³/mol. The molecule has 1 rings (SSSR count). The molecule has 13 heavy (non-hydrogen) atoms. The summed E-state index contributed by atoms with van der Waals surface area (Å²) >= 11 is 7.63. The van der Waals surface area contributed by atoms with Gasteiger partial charge >= 0.3 is 0 Å². The highest BCUT2D eigenvalue weighted by molar-refractivity contribution is 7.99. The third-order valence-electron chi connectivity index (χ3n) is 1.53. The predicted octanol–water partition coefficient (Wildman–Crippen LogP) is 3.85. The molecule has 0 aliphatic heterocycles. The molecule has 1 aromatic rings. The Morgan fingerprint density at radius 2 is 2.31 bits per heavy atom. The molecule has 0 aliphatic carbocycles. The zero-order valence-corrected chi connectivity index (χ0v) is 8.87. The van der Waals surface area contributed by atoms with Crippen LogP contribution in [0.3, 0.4) is 0 Å². The van der Waals surface area contributed by atoms with Gasteiger partial charge in [0.1, 0.15) is 0 Å². The highest BCUT2D eigenvalue weighted by Gasteiger charge is 1.94. The van der Waals surface area contributed by atoms with Crippen LogP contribution >= 0.6 is 23.4 Å². The fourth-order valence-electron chi connectivity index (χ4n) is 0.921. The van der Waals surface area contributed by atoms with Gasteiger partial charge in [0.05, 0.1) is 0 Å². The molecule has 0 fully saturated rings. The maximum Gasteiger partial charge on any atom is 0.0417 e. The van der Waals surface area contributed by atoms with E-state index in [0.29, 0.717) is 0 Å². The molecule has 0 unspecified atom stereocenters. The van der Waals surface area contributed by atoms with Gasteiger partial charge in [0.15, 0.2) is 0 Å². The van der Waals surface area contributed by atoms with E-state index in [0.717, 1.165) is 23.6 Å². The molecular weight excluding hydrogens is 200 g/mol. The van der Waals surface area contributed by atoms with E-state index >= 15 is 0 Å². The Kier molecular flexibility index (Phi) is 4.82. The van der Waals surface area contributed by atoms with Crippen LogP contribution in [0.25, 0.3) is 0 Å². The fourth-order valence-corrected chi connectivity index (χ4v) is 2.09. The Bertz CT molecular complexity index is 301. The van der Waals surface area contributed by atoms with Crippen LogP contribution in [-0.4, -0.2) is 5.75 Å². The van der Waals surface area contributed by atoms with Crippen molar-refractivity contribution in [1.82, 2.24) is 0 Å². The van der Waals surface area contributed by atoms with Gasteiger partial charge in [-0.25, -0.2) is 0 Å². The summed E-state index contributed by atoms with van der Waals surface area (Å²) in [5.74, 6) is 3.69. The molecule has 0 amide bonds. The van der Waals surface area contributed by atoms with E-state index in [-0.39, 0.29) is 0 Å². The molecule has 0 nitrogen and oxygen atoms in total. The standard InChI is InChI=1S/C11H11ClS/c1-2-3-4-8-13-11-7-5-6-10(12)9-11/h1,5-7,9H,3-4,8H2. The molecule has 0 heterocycles. The number of hydrogen-bond donors (Lipinski definition) is 0. The summed E-state index contributed by atoms with van der Waals surface area (Å²) in [5.41, 5.74) is 0. The molecular formula is C11H11ClS. The van der Waals surface area contributed by atoms with Crippen LogP contribution in [0.2, 0.25) is 5.02 Å². The van der Waals surface area contributed by atoms with Crippen molar-refractivity contribution in [2.75, 3.05) is 5.75 Å². The topological polar surface area (TPSA) is 0 Å². The monoisotopic (exact) mass is 210 g/mol. The van der Waals surface area contributed by atoms with Gasteiger partial charge in [-0.3, -0.25) is 0 Å². The van der Waals surface area contributed by atoms with E-state index in [1.54, 1.807) is 11.8 Å². The van der Waals surface area contributed by atoms with Crippen LogP contribution in [0.15, 0.2) is 29.2 Å². The Morgan fingerprint density at radius 1 is 1.46 bits per heavy atom. The lowest BCUT2D eigenvalue weighted by Crippen LogP contribution is -1.78. The molecule has 0 saturated carbocycles. The van der Waals surface area contributed by atoms with Crippen molar-refractivity contribution in [2.45, 2.75) is 17.7 Å². The van der Waals surface area contributed by atoms with E-state index in [1.807, 2.05) is 18.2 Å². The lowest BCUT2D eigenvalue weighted by molar-refractivity contribution is 0.997. The average molecular weight is 211 g/mol. The summed E-state index contributed by atoms with van der Waals surface area (Å²) in [6.45, 7) is 0. The molecule has 0 bridgehead atoms. The smallest absolute Gasteiger partial charge is 0.0417 e. The number of halogens is 1. The molecule has 0 aromatic heterocycles. The first-order chi connectivity index (χ1) is 6.33. The van der Waals surface area contributed by atoms with Crippen LogP contribution < -0.4 is 0 Å². The van der Waals surface area contributed by atoms with Crippen LogP contribution in [0.4, 0.5) is 0 Å². The molecule has 0 saturated heterocycles. The third-order valence-corrected chi connectivity index (χ3v) is 2.85. The van der Waals surface area contributed by atoms with Crippen molar-refractivity contribution >= 4 is 23.4 Å². The van der Waals surface area contributed by atoms with E-state index in [2.05, 4.69) is 12.0 Å². The highest BCUT2D eigenvalue weighted by Crippen LogP contribution is 2.22. The van der Waals surface area contributed by atoms with Gasteiger partial charge in [-0.15, -0.1) is 24.1 Å². The van der Waals surface area contributed by atoms with Crippen molar-refractivity contribution in [3.8, 4) is 12.3 Å². The second-order valence-electron chi connectivity index (χ2n) is 2.61. The number of rotatable bonds is 4. The molecule has 0 N–H and O–H groups in total. The van der Waals surface area contributed by atoms with Crippen LogP contribution in [0.1, 0.15) is 12.8 Å². The first-order valence-electron chi connectivity index (χ1n) is 4.15. The lowest BCUT2D eigenvalue weighted by Gasteiger charge is -1.99. The van der Waals surface area contributed by atoms with Crippen LogP contribution in [-0.2, 0) is 0 Å². The molecule has 0 radical (unpaired) electrons. The summed E-state index contributed by atoms with van der Waals surface area (Å²) in [4.78, 5) is 1.21. The normalized spacial score (nSPS) is 9.54. The minimum atomic E-state index is 0.793. The summed E-state index contributed by atoms with van der Waals surface area (Å²) in [7, 11) is 0. The van der Waals surface area contributed by atoms with Crippen LogP contribution in [0.5, 0.6) is 0 Å². The largest absolute Gasteiger partial charge is 0.126 e. The SMILES string of the molecule is C#CCCCSc1cccc(Cl)c1. The Balaban J connectivity index is 2.33. The highest BCUT2D eigenvalue weighted by atomic mass is 35.5. The number of benzene rings is 1. The maximum atomic E-state index is 5.84. The van der Waals surface area contributed by atoms with Gasteiger partial charge in [0.25, 0.3) is 0 Å². The van der Waals surface area contributed by atoms with Crippen molar-refractivity contribution < 1.29 is 0 Å². The number of unbranched alkanes of at least 4 members (excludes halogenated alkanes) is 1. The summed E-state index contributed by atoms with van der Waals surface area (Å²) < 4.78 is 0. The van der Waals surface area contributed by atoms with Gasteiger partial charge in [0.2, 0.25) is 0 Å². The van der Waals surface area contributed by atoms with E-state index in [1.165, 1.54) is 4.90 Å². The Labute approximate surface area is 88.7 Å². The molecule has 1 aromatic carbocycles. The van der Waals surface area contributed by atoms with Gasteiger partial charge in [-0.2, -0.15) is 0 Å². The summed E-state index contributed by atoms with van der Waals surface area (Å²) in [6, 6.07) is 7.88. The van der Waals surface area contributed by atoms with Crippen molar-refractivity contribution in [2.24, 2.45) is 0 Å². The van der Waals surface area contributed by atoms with Crippen molar-refractivity contribution in [3.05, 3.63) is 29.3 Å². The van der Waals surface area contributed by atoms with Gasteiger partial charge in [-0.1, -0.05) is 17.7 Å². The van der Waals surface area contributed by atoms with Gasteiger partial charge in [-0.05, 0) is 30.4 Å². The van der Waals surface area contributed by atoms with Gasteiger partial charge < -0.3 is 0 Å². The minimum Gasteiger partial charge on any atom is -0.126 e. The van der Waals surface area contributed by atoms with E-state index in [4.69, 9.17) is 18.0 Å². The molecule has 2 heteroatoms. The average Bonchev–Trinajstić information content (AvgIpc) is 2.13. The second kappa shape index (κ2) is 5.96. The first kappa shape index (κ1) is 10.5. The summed E-state index contributed by atoms with van der Waals surface area (Å²) in [6.07, 6.45) is 7.07. The van der Waals surface area contributed by atoms with Gasteiger partial charge in [0, 0.05) is 16.3 Å². The molecule has 68 valence electrons. The molecule has 0 aliphatic rings. The Hall–Kier alpha value is -0.580. The zero-order valence-electron chi connectivity index (χ0n) is 7.29. The Morgan fingerprint density at radius 3 is 3.00 bits per heavy atom. The summed E-state index contributed by atoms with van der Waals surface area (Å²) in [5, 5.41) is 0.793. The number of hydrogen-bond acceptors (Lipinski definition) is 1. The maximum absolute atomic E-state index is 5.84. The van der Waals surface area contributed by atoms with E-state index < -0.39 is 0 Å². The number of terminal acetylenes is 1. The zero-order chi connectivity index (χ0) is 9.52. The third kappa shape index (κ3) is 4.26. The fraction of sp³-hybridized carbons (Fsp3) is 0.273.